The van der Waals surface area contributed by atoms with Crippen LogP contribution in [0.5, 0.6) is 5.75 Å². The van der Waals surface area contributed by atoms with Crippen LogP contribution in [0.4, 0.5) is 17.1 Å². The Labute approximate surface area is 139 Å². The highest BCUT2D eigenvalue weighted by Gasteiger charge is 2.18. The number of hydrogen-bond acceptors (Lipinski definition) is 7. The predicted octanol–water partition coefficient (Wildman–Crippen LogP) is 2.76. The third-order valence-corrected chi connectivity index (χ3v) is 3.45. The van der Waals surface area contributed by atoms with E-state index < -0.39 is 11.1 Å². The molecule has 1 unspecified atom stereocenters. The number of anilines is 2. The second-order valence-corrected chi connectivity index (χ2v) is 5.16. The van der Waals surface area contributed by atoms with Crippen molar-refractivity contribution in [2.45, 2.75) is 13.1 Å². The number of nitro groups is 1. The third-order valence-electron chi connectivity index (χ3n) is 3.45. The number of nitrogens with two attached hydrogens (primary N) is 1. The van der Waals surface area contributed by atoms with Crippen molar-refractivity contribution < 1.29 is 14.5 Å². The van der Waals surface area contributed by atoms with Gasteiger partial charge in [-0.1, -0.05) is 12.1 Å². The average Bonchev–Trinajstić information content (AvgIpc) is 2.55. The number of nitrogens with one attached hydrogen (secondary N) is 2. The summed E-state index contributed by atoms with van der Waals surface area (Å²) in [6.45, 7) is 1.93. The van der Waals surface area contributed by atoms with Gasteiger partial charge in [0.15, 0.2) is 0 Å². The molecule has 0 spiro atoms. The molecule has 2 rings (SSSR count). The van der Waals surface area contributed by atoms with Crippen LogP contribution in [0, 0.1) is 17.0 Å². The van der Waals surface area contributed by atoms with E-state index in [9.17, 15) is 10.1 Å². The van der Waals surface area contributed by atoms with Gasteiger partial charge in [-0.2, -0.15) is 5.48 Å². The van der Waals surface area contributed by atoms with Gasteiger partial charge < -0.3 is 20.6 Å². The molecule has 4 N–H and O–H groups in total. The average molecular weight is 332 g/mol. The first kappa shape index (κ1) is 17.7. The van der Waals surface area contributed by atoms with E-state index in [1.54, 1.807) is 25.3 Å². The van der Waals surface area contributed by atoms with Gasteiger partial charge in [-0.25, -0.2) is 0 Å². The monoisotopic (exact) mass is 332 g/mol. The summed E-state index contributed by atoms with van der Waals surface area (Å²) in [6.07, 6.45) is -0.670. The molecule has 0 amide bonds. The highest BCUT2D eigenvalue weighted by molar-refractivity contribution is 5.74. The lowest BCUT2D eigenvalue weighted by Gasteiger charge is -2.15. The highest BCUT2D eigenvalue weighted by Crippen LogP contribution is 2.34. The summed E-state index contributed by atoms with van der Waals surface area (Å²) in [7, 11) is 2.97. The molecule has 8 heteroatoms. The Morgan fingerprint density at radius 3 is 2.54 bits per heavy atom. The summed E-state index contributed by atoms with van der Waals surface area (Å²) in [6, 6.07) is 10.3. The molecule has 0 aliphatic carbocycles. The van der Waals surface area contributed by atoms with Crippen LogP contribution in [0.1, 0.15) is 17.3 Å². The molecule has 0 aliphatic rings. The van der Waals surface area contributed by atoms with Crippen molar-refractivity contribution in [3.05, 3.63) is 57.6 Å². The van der Waals surface area contributed by atoms with Crippen molar-refractivity contribution in [3.8, 4) is 5.75 Å². The van der Waals surface area contributed by atoms with Gasteiger partial charge in [0.25, 0.3) is 5.69 Å². The van der Waals surface area contributed by atoms with E-state index in [4.69, 9.17) is 15.3 Å². The Bertz CT molecular complexity index is 736. The van der Waals surface area contributed by atoms with Gasteiger partial charge in [-0.05, 0) is 36.2 Å². The second-order valence-electron chi connectivity index (χ2n) is 5.16. The van der Waals surface area contributed by atoms with Gasteiger partial charge in [-0.15, -0.1) is 0 Å². The van der Waals surface area contributed by atoms with Crippen LogP contribution in [0.3, 0.4) is 0 Å². The minimum atomic E-state index is -0.670. The summed E-state index contributed by atoms with van der Waals surface area (Å²) >= 11 is 0. The number of nitrogens with zero attached hydrogens (tertiary/aromatic N) is 1. The zero-order valence-corrected chi connectivity index (χ0v) is 13.7. The fourth-order valence-corrected chi connectivity index (χ4v) is 2.26. The summed E-state index contributed by atoms with van der Waals surface area (Å²) in [5.74, 6) is 0.594. The van der Waals surface area contributed by atoms with Crippen molar-refractivity contribution in [2.24, 2.45) is 5.73 Å². The van der Waals surface area contributed by atoms with Crippen LogP contribution in [-0.4, -0.2) is 19.1 Å². The van der Waals surface area contributed by atoms with E-state index in [1.165, 1.54) is 13.2 Å². The molecule has 1 atom stereocenters. The normalized spacial score (nSPS) is 11.8. The molecule has 0 saturated heterocycles. The molecule has 0 radical (unpaired) electrons. The molecule has 0 heterocycles. The van der Waals surface area contributed by atoms with Crippen LogP contribution in [0.2, 0.25) is 0 Å². The van der Waals surface area contributed by atoms with Crippen LogP contribution >= 0.6 is 0 Å². The van der Waals surface area contributed by atoms with Crippen molar-refractivity contribution in [2.75, 3.05) is 19.5 Å². The van der Waals surface area contributed by atoms with Crippen LogP contribution in [-0.2, 0) is 4.84 Å². The number of benzene rings is 2. The van der Waals surface area contributed by atoms with Crippen molar-refractivity contribution >= 4 is 17.1 Å². The summed E-state index contributed by atoms with van der Waals surface area (Å²) in [4.78, 5) is 15.7. The first-order chi connectivity index (χ1) is 11.5. The fraction of sp³-hybridized carbons (Fsp3) is 0.250. The fourth-order valence-electron chi connectivity index (χ4n) is 2.26. The first-order valence-electron chi connectivity index (χ1n) is 7.20. The summed E-state index contributed by atoms with van der Waals surface area (Å²) < 4.78 is 5.29. The molecule has 0 bridgehead atoms. The number of aryl methyl sites for hydroxylation is 1. The Morgan fingerprint density at radius 1 is 1.17 bits per heavy atom. The Balaban J connectivity index is 2.40. The SMILES string of the molecule is CONC(N)c1ccc(Nc2cc(C)ccc2OC)c([N+](=O)[O-])c1. The topological polar surface area (TPSA) is 112 Å². The predicted molar refractivity (Wildman–Crippen MR) is 91.2 cm³/mol. The largest absolute Gasteiger partial charge is 0.495 e. The standard InChI is InChI=1S/C16H20N4O4/c1-10-4-7-15(23-2)13(8-10)18-12-6-5-11(16(17)19-24-3)9-14(12)20(21)22/h4-9,16,18-19H,17H2,1-3H3. The van der Waals surface area contributed by atoms with Crippen LogP contribution in [0.25, 0.3) is 0 Å². The van der Waals surface area contributed by atoms with Gasteiger partial charge in [0.2, 0.25) is 0 Å². The minimum absolute atomic E-state index is 0.0931. The van der Waals surface area contributed by atoms with E-state index in [1.807, 2.05) is 19.1 Å². The van der Waals surface area contributed by atoms with E-state index in [-0.39, 0.29) is 5.69 Å². The van der Waals surface area contributed by atoms with E-state index in [0.717, 1.165) is 5.56 Å². The number of nitro benzene ring substituents is 1. The van der Waals surface area contributed by atoms with Gasteiger partial charge in [-0.3, -0.25) is 10.1 Å². The molecule has 2 aromatic carbocycles. The quantitative estimate of drug-likeness (QED) is 0.406. The maximum absolute atomic E-state index is 11.4. The molecule has 0 fully saturated rings. The van der Waals surface area contributed by atoms with Gasteiger partial charge in [0, 0.05) is 6.07 Å². The molecule has 0 saturated carbocycles. The number of ether oxygens (including phenoxy) is 1. The smallest absolute Gasteiger partial charge is 0.293 e. The van der Waals surface area contributed by atoms with Crippen molar-refractivity contribution in [1.29, 1.82) is 0 Å². The Kier molecular flexibility index (Phi) is 5.69. The molecule has 2 aromatic rings. The van der Waals surface area contributed by atoms with E-state index in [0.29, 0.717) is 22.7 Å². The third kappa shape index (κ3) is 3.99. The molecule has 8 nitrogen and oxygen atoms in total. The van der Waals surface area contributed by atoms with Crippen LogP contribution < -0.4 is 21.3 Å². The Hall–Kier alpha value is -2.68. The molecular formula is C16H20N4O4. The zero-order valence-electron chi connectivity index (χ0n) is 13.7. The summed E-state index contributed by atoms with van der Waals surface area (Å²) in [5, 5.41) is 14.5. The summed E-state index contributed by atoms with van der Waals surface area (Å²) in [5.41, 5.74) is 10.8. The number of hydrogen-bond donors (Lipinski definition) is 3. The van der Waals surface area contributed by atoms with Crippen LogP contribution in [0.15, 0.2) is 36.4 Å². The van der Waals surface area contributed by atoms with Gasteiger partial charge in [0.05, 0.1) is 24.8 Å². The first-order valence-corrected chi connectivity index (χ1v) is 7.20. The van der Waals surface area contributed by atoms with E-state index >= 15 is 0 Å². The second kappa shape index (κ2) is 7.73. The number of methoxy groups -OCH3 is 1. The molecule has 24 heavy (non-hydrogen) atoms. The highest BCUT2D eigenvalue weighted by atomic mass is 16.6. The van der Waals surface area contributed by atoms with E-state index in [2.05, 4.69) is 10.8 Å². The van der Waals surface area contributed by atoms with Crippen molar-refractivity contribution in [3.63, 3.8) is 0 Å². The maximum Gasteiger partial charge on any atom is 0.293 e. The molecular weight excluding hydrogens is 312 g/mol. The van der Waals surface area contributed by atoms with Gasteiger partial charge >= 0.3 is 0 Å². The van der Waals surface area contributed by atoms with Gasteiger partial charge in [0.1, 0.15) is 17.6 Å². The Morgan fingerprint density at radius 2 is 1.92 bits per heavy atom. The molecule has 0 aromatic heterocycles. The van der Waals surface area contributed by atoms with Crippen molar-refractivity contribution in [1.82, 2.24) is 5.48 Å². The molecule has 128 valence electrons. The lowest BCUT2D eigenvalue weighted by molar-refractivity contribution is -0.384. The lowest BCUT2D eigenvalue weighted by atomic mass is 10.1. The number of rotatable bonds is 7. The maximum atomic E-state index is 11.4. The lowest BCUT2D eigenvalue weighted by Crippen LogP contribution is -2.27. The number of hydroxylamine groups is 1. The minimum Gasteiger partial charge on any atom is -0.495 e. The molecule has 0 aliphatic heterocycles. The zero-order chi connectivity index (χ0) is 17.7.